The van der Waals surface area contributed by atoms with Crippen molar-refractivity contribution in [2.45, 2.75) is 122 Å². The number of piperazine rings is 1. The van der Waals surface area contributed by atoms with Gasteiger partial charge in [0.2, 0.25) is 0 Å². The van der Waals surface area contributed by atoms with Crippen LogP contribution in [0.25, 0.3) is 0 Å². The minimum atomic E-state index is -4.75. The molecule has 0 amide bonds. The lowest BCUT2D eigenvalue weighted by atomic mass is 9.44. The molecule has 9 atom stereocenters. The van der Waals surface area contributed by atoms with Gasteiger partial charge in [0.25, 0.3) is 0 Å². The van der Waals surface area contributed by atoms with Gasteiger partial charge in [0.05, 0.1) is 16.7 Å². The first-order valence-electron chi connectivity index (χ1n) is 16.9. The van der Waals surface area contributed by atoms with Gasteiger partial charge in [0, 0.05) is 50.1 Å². The number of fused-ring (bicyclic) bond motifs is 5. The Kier molecular flexibility index (Phi) is 8.29. The molecule has 4 saturated carbocycles. The molecule has 4 aliphatic carbocycles. The van der Waals surface area contributed by atoms with Crippen LogP contribution in [0.1, 0.15) is 102 Å². The Morgan fingerprint density at radius 1 is 0.867 bits per heavy atom. The number of carbonyl (C=O) groups excluding carboxylic acids is 1. The van der Waals surface area contributed by atoms with Crippen molar-refractivity contribution in [1.82, 2.24) is 9.80 Å². The first-order chi connectivity index (χ1) is 20.8. The number of alkyl halides is 6. The number of hydrogen-bond donors (Lipinski definition) is 1. The van der Waals surface area contributed by atoms with E-state index in [0.29, 0.717) is 73.7 Å². The van der Waals surface area contributed by atoms with Crippen molar-refractivity contribution in [3.05, 3.63) is 34.9 Å². The molecule has 6 rings (SSSR count). The molecule has 1 aliphatic heterocycles. The molecule has 1 N–H and O–H groups in total. The molecule has 1 aromatic rings. The third-order valence-corrected chi connectivity index (χ3v) is 13.4. The Morgan fingerprint density at radius 2 is 1.56 bits per heavy atom. The van der Waals surface area contributed by atoms with Crippen LogP contribution in [0.4, 0.5) is 26.3 Å². The molecule has 1 aromatic carbocycles. The van der Waals surface area contributed by atoms with E-state index in [1.165, 1.54) is 0 Å². The lowest BCUT2D eigenvalue weighted by Gasteiger charge is -2.61. The van der Waals surface area contributed by atoms with E-state index in [1.807, 2.05) is 18.7 Å². The molecule has 1 saturated heterocycles. The number of hydrogen-bond acceptors (Lipinski definition) is 4. The number of rotatable bonds is 4. The van der Waals surface area contributed by atoms with E-state index in [4.69, 9.17) is 0 Å². The van der Waals surface area contributed by atoms with Crippen molar-refractivity contribution in [3.8, 4) is 0 Å². The first-order valence-corrected chi connectivity index (χ1v) is 16.9. The van der Waals surface area contributed by atoms with Crippen LogP contribution in [0, 0.1) is 34.5 Å². The third-order valence-electron chi connectivity index (χ3n) is 13.4. The average Bonchev–Trinajstić information content (AvgIpc) is 3.25. The molecule has 0 spiro atoms. The zero-order valence-electron chi connectivity index (χ0n) is 26.9. The molecule has 0 radical (unpaired) electrons. The van der Waals surface area contributed by atoms with Gasteiger partial charge in [0.15, 0.2) is 0 Å². The van der Waals surface area contributed by atoms with E-state index in [0.717, 1.165) is 51.4 Å². The zero-order valence-corrected chi connectivity index (χ0v) is 26.9. The van der Waals surface area contributed by atoms with Gasteiger partial charge in [-0.05, 0) is 118 Å². The molecule has 0 bridgehead atoms. The van der Waals surface area contributed by atoms with Gasteiger partial charge >= 0.3 is 12.4 Å². The van der Waals surface area contributed by atoms with Gasteiger partial charge in [-0.2, -0.15) is 26.3 Å². The van der Waals surface area contributed by atoms with Crippen LogP contribution in [-0.2, 0) is 23.7 Å². The van der Waals surface area contributed by atoms with Crippen LogP contribution >= 0.6 is 0 Å². The molecule has 252 valence electrons. The SMILES string of the molecule is C[C@@H]1CN(Cc2cc(C(F)(F)F)ccc2C(F)(F)F)[C@@H](C)CN1C[C@@]1(O)CC[C@@]2(C)[C@@H](CC[C@@H]3[C@@H]2CC[C@]2(C)C(=O)CC[C@@H]32)C1. The van der Waals surface area contributed by atoms with Crippen LogP contribution in [0.5, 0.6) is 0 Å². The molecule has 45 heavy (non-hydrogen) atoms. The minimum absolute atomic E-state index is 0.0784. The second-order valence-electron chi connectivity index (χ2n) is 15.9. The monoisotopic (exact) mass is 642 g/mol. The summed E-state index contributed by atoms with van der Waals surface area (Å²) in [4.78, 5) is 16.8. The fourth-order valence-corrected chi connectivity index (χ4v) is 10.7. The van der Waals surface area contributed by atoms with E-state index in [2.05, 4.69) is 18.7 Å². The largest absolute Gasteiger partial charge is 0.416 e. The first kappa shape index (κ1) is 33.3. The highest BCUT2D eigenvalue weighted by Crippen LogP contribution is 2.66. The number of aliphatic hydroxyl groups is 1. The van der Waals surface area contributed by atoms with Crippen molar-refractivity contribution >= 4 is 5.78 Å². The molecule has 10 heteroatoms. The summed E-state index contributed by atoms with van der Waals surface area (Å²) in [6.07, 6.45) is -1.09. The summed E-state index contributed by atoms with van der Waals surface area (Å²) < 4.78 is 81.4. The number of nitrogens with zero attached hydrogens (tertiary/aromatic N) is 2. The number of ketones is 1. The second-order valence-corrected chi connectivity index (χ2v) is 15.9. The maximum Gasteiger partial charge on any atom is 0.416 e. The Balaban J connectivity index is 1.11. The predicted octanol–water partition coefficient (Wildman–Crippen LogP) is 7.96. The van der Waals surface area contributed by atoms with Crippen LogP contribution in [0.3, 0.4) is 0 Å². The van der Waals surface area contributed by atoms with E-state index >= 15 is 0 Å². The van der Waals surface area contributed by atoms with Gasteiger partial charge in [0.1, 0.15) is 5.78 Å². The second kappa shape index (κ2) is 11.2. The summed E-state index contributed by atoms with van der Waals surface area (Å²) in [6, 6.07) is 1.40. The Labute approximate surface area is 262 Å². The van der Waals surface area contributed by atoms with Crippen molar-refractivity contribution in [1.29, 1.82) is 0 Å². The fourth-order valence-electron chi connectivity index (χ4n) is 10.7. The van der Waals surface area contributed by atoms with Gasteiger partial charge < -0.3 is 5.11 Å². The lowest BCUT2D eigenvalue weighted by Crippen LogP contribution is -2.62. The highest BCUT2D eigenvalue weighted by atomic mass is 19.4. The van der Waals surface area contributed by atoms with Crippen molar-refractivity contribution in [3.63, 3.8) is 0 Å². The van der Waals surface area contributed by atoms with Crippen LogP contribution in [-0.4, -0.2) is 58.0 Å². The number of β-amino-alcohol motifs (C(OH)–C–C–N with tert-alkyl or cyclic N) is 1. The predicted molar refractivity (Wildman–Crippen MR) is 159 cm³/mol. The number of benzene rings is 1. The molecule has 5 aliphatic rings. The van der Waals surface area contributed by atoms with Crippen molar-refractivity contribution < 1.29 is 36.2 Å². The number of carbonyl (C=O) groups is 1. The van der Waals surface area contributed by atoms with E-state index in [9.17, 15) is 36.2 Å². The molecular formula is C35H48F6N2O2. The molecule has 5 fully saturated rings. The summed E-state index contributed by atoms with van der Waals surface area (Å²) in [5, 5.41) is 12.0. The summed E-state index contributed by atoms with van der Waals surface area (Å²) in [6.45, 7) is 9.69. The van der Waals surface area contributed by atoms with Gasteiger partial charge in [-0.3, -0.25) is 14.6 Å². The molecule has 0 aromatic heterocycles. The maximum absolute atomic E-state index is 13.7. The van der Waals surface area contributed by atoms with Crippen LogP contribution in [0.2, 0.25) is 0 Å². The minimum Gasteiger partial charge on any atom is -0.389 e. The number of Topliss-reactive ketones (excluding diaryl/α,β-unsaturated/α-hetero) is 1. The van der Waals surface area contributed by atoms with Crippen LogP contribution in [0.15, 0.2) is 18.2 Å². The van der Waals surface area contributed by atoms with Crippen molar-refractivity contribution in [2.24, 2.45) is 34.5 Å². The topological polar surface area (TPSA) is 43.8 Å². The Hall–Kier alpha value is -1.65. The lowest BCUT2D eigenvalue weighted by molar-refractivity contribution is -0.160. The van der Waals surface area contributed by atoms with Gasteiger partial charge in [-0.15, -0.1) is 0 Å². The summed E-state index contributed by atoms with van der Waals surface area (Å²) in [7, 11) is 0. The maximum atomic E-state index is 13.7. The normalized spacial score (nSPS) is 41.4. The Bertz CT molecular complexity index is 1300. The summed E-state index contributed by atoms with van der Waals surface area (Å²) in [5.41, 5.74) is -3.33. The van der Waals surface area contributed by atoms with E-state index < -0.39 is 29.1 Å². The van der Waals surface area contributed by atoms with Gasteiger partial charge in [-0.1, -0.05) is 13.8 Å². The average molecular weight is 643 g/mol. The molecule has 0 unspecified atom stereocenters. The zero-order chi connectivity index (χ0) is 32.7. The third kappa shape index (κ3) is 5.87. The highest BCUT2D eigenvalue weighted by Gasteiger charge is 2.61. The van der Waals surface area contributed by atoms with Gasteiger partial charge in [-0.25, -0.2) is 0 Å². The quantitative estimate of drug-likeness (QED) is 0.339. The van der Waals surface area contributed by atoms with Crippen LogP contribution < -0.4 is 0 Å². The van der Waals surface area contributed by atoms with E-state index in [1.54, 1.807) is 0 Å². The van der Waals surface area contributed by atoms with E-state index in [-0.39, 0.29) is 35.0 Å². The summed E-state index contributed by atoms with van der Waals surface area (Å²) >= 11 is 0. The molecule has 4 nitrogen and oxygen atoms in total. The number of halogens is 6. The molecule has 1 heterocycles. The van der Waals surface area contributed by atoms with Crippen molar-refractivity contribution in [2.75, 3.05) is 19.6 Å². The standard InChI is InChI=1S/C35H48F6N2O2/c1-21-18-43(22(2)17-42(21)19-23-15-24(34(36,37)38)6-8-27(23)35(39,40)41)20-33(45)14-13-31(3)25(16-33)5-7-26-28-9-10-30(44)32(28,4)12-11-29(26)31/h6,8,15,21-22,25-26,28-29,45H,5,7,9-14,16-20H2,1-4H3/t21-,22+,25-,26-,28-,29-,31-,32-,33+/m0/s1. The smallest absolute Gasteiger partial charge is 0.389 e. The highest BCUT2D eigenvalue weighted by molar-refractivity contribution is 5.87. The molecular weight excluding hydrogens is 594 g/mol. The fraction of sp³-hybridized carbons (Fsp3) is 0.800. The summed E-state index contributed by atoms with van der Waals surface area (Å²) in [5.74, 6) is 2.53. The Morgan fingerprint density at radius 3 is 2.24 bits per heavy atom.